The number of unbranched alkanes of at least 4 members (excludes halogenated alkanes) is 3. The summed E-state index contributed by atoms with van der Waals surface area (Å²) in [6.07, 6.45) is 4.07. The number of dihydropyridines is 1. The van der Waals surface area contributed by atoms with Crippen LogP contribution in [0.15, 0.2) is 46.8 Å². The van der Waals surface area contributed by atoms with Crippen molar-refractivity contribution in [3.8, 4) is 0 Å². The minimum Gasteiger partial charge on any atom is -0.463 e. The second-order valence-corrected chi connectivity index (χ2v) is 10.1. The van der Waals surface area contributed by atoms with Crippen molar-refractivity contribution in [2.24, 2.45) is 5.73 Å². The van der Waals surface area contributed by atoms with Gasteiger partial charge in [0.15, 0.2) is 5.11 Å². The number of nitro benzene ring substituents is 1. The Morgan fingerprint density at radius 1 is 1.13 bits per heavy atom. The van der Waals surface area contributed by atoms with Crippen molar-refractivity contribution in [1.82, 2.24) is 10.6 Å². The van der Waals surface area contributed by atoms with Gasteiger partial charge in [-0.05, 0) is 57.1 Å². The van der Waals surface area contributed by atoms with Crippen LogP contribution >= 0.6 is 24.0 Å². The second kappa shape index (κ2) is 16.0. The van der Waals surface area contributed by atoms with Crippen molar-refractivity contribution in [2.75, 3.05) is 31.3 Å². The molecule has 1 aliphatic rings. The largest absolute Gasteiger partial charge is 0.463 e. The number of nitrogens with zero attached hydrogens (tertiary/aromatic N) is 1. The van der Waals surface area contributed by atoms with Crippen LogP contribution in [0.2, 0.25) is 0 Å². The van der Waals surface area contributed by atoms with Gasteiger partial charge in [0.25, 0.3) is 5.69 Å². The molecule has 208 valence electrons. The lowest BCUT2D eigenvalue weighted by atomic mass is 9.80. The third-order valence-electron chi connectivity index (χ3n) is 5.81. The van der Waals surface area contributed by atoms with Crippen molar-refractivity contribution < 1.29 is 24.0 Å². The third-order valence-corrected chi connectivity index (χ3v) is 7.03. The standard InChI is InChI=1S/C26H36N4O6S2/c1-4-35-24(31)21-17(3)29-20(16-38-14-9-7-6-8-13-28-26(27)37)23(25(32)36-5-2)22(21)18-11-10-12-19(15-18)30(33)34/h10-12,15,22,29H,4-9,13-14,16H2,1-3H3,(H3,27,28,37). The van der Waals surface area contributed by atoms with Gasteiger partial charge in [-0.3, -0.25) is 10.1 Å². The van der Waals surface area contributed by atoms with Gasteiger partial charge >= 0.3 is 11.9 Å². The van der Waals surface area contributed by atoms with Crippen molar-refractivity contribution in [1.29, 1.82) is 0 Å². The average Bonchev–Trinajstić information content (AvgIpc) is 2.87. The Labute approximate surface area is 232 Å². The Kier molecular flexibility index (Phi) is 13.1. The molecule has 2 rings (SSSR count). The minimum atomic E-state index is -0.869. The lowest BCUT2D eigenvalue weighted by Crippen LogP contribution is -2.34. The number of hydrogen-bond acceptors (Lipinski definition) is 9. The number of thiocarbonyl (C=S) groups is 1. The molecule has 1 atom stereocenters. The van der Waals surface area contributed by atoms with E-state index in [0.29, 0.717) is 27.8 Å². The van der Waals surface area contributed by atoms with Crippen molar-refractivity contribution in [2.45, 2.75) is 52.4 Å². The first-order valence-electron chi connectivity index (χ1n) is 12.6. The number of hydrogen-bond donors (Lipinski definition) is 3. The number of allylic oxidation sites excluding steroid dienone is 1. The van der Waals surface area contributed by atoms with Gasteiger partial charge in [-0.15, -0.1) is 0 Å². The molecule has 1 unspecified atom stereocenters. The molecule has 0 amide bonds. The summed E-state index contributed by atoms with van der Waals surface area (Å²) >= 11 is 6.46. The molecule has 1 aromatic carbocycles. The van der Waals surface area contributed by atoms with Gasteiger partial charge in [-0.1, -0.05) is 25.0 Å². The number of nitrogens with one attached hydrogen (secondary N) is 2. The number of nitro groups is 1. The van der Waals surface area contributed by atoms with Gasteiger partial charge in [-0.2, -0.15) is 11.8 Å². The number of thioether (sulfide) groups is 1. The number of ether oxygens (including phenoxy) is 2. The minimum absolute atomic E-state index is 0.135. The van der Waals surface area contributed by atoms with Crippen LogP contribution in [0.25, 0.3) is 0 Å². The van der Waals surface area contributed by atoms with Gasteiger partial charge in [0, 0.05) is 35.8 Å². The molecule has 10 nitrogen and oxygen atoms in total. The summed E-state index contributed by atoms with van der Waals surface area (Å²) in [5, 5.41) is 18.0. The summed E-state index contributed by atoms with van der Waals surface area (Å²) in [7, 11) is 0. The summed E-state index contributed by atoms with van der Waals surface area (Å²) in [6.45, 7) is 6.19. The topological polar surface area (TPSA) is 146 Å². The van der Waals surface area contributed by atoms with E-state index in [4.69, 9.17) is 27.4 Å². The Morgan fingerprint density at radius 2 is 1.79 bits per heavy atom. The molecule has 0 aromatic heterocycles. The van der Waals surface area contributed by atoms with E-state index in [0.717, 1.165) is 38.0 Å². The average molecular weight is 565 g/mol. The number of non-ortho nitro benzene ring substituents is 1. The van der Waals surface area contributed by atoms with E-state index < -0.39 is 22.8 Å². The normalized spacial score (nSPS) is 15.1. The zero-order valence-corrected chi connectivity index (χ0v) is 23.7. The molecular formula is C26H36N4O6S2. The first kappa shape index (κ1) is 31.1. The maximum Gasteiger partial charge on any atom is 0.336 e. The summed E-state index contributed by atoms with van der Waals surface area (Å²) in [6, 6.07) is 5.97. The van der Waals surface area contributed by atoms with Gasteiger partial charge in [0.2, 0.25) is 0 Å². The van der Waals surface area contributed by atoms with E-state index in [-0.39, 0.29) is 30.0 Å². The maximum atomic E-state index is 13.3. The number of carbonyl (C=O) groups is 2. The van der Waals surface area contributed by atoms with Crippen LogP contribution in [0, 0.1) is 10.1 Å². The molecule has 1 aromatic rings. The fourth-order valence-electron chi connectivity index (χ4n) is 4.16. The zero-order chi connectivity index (χ0) is 28.1. The molecule has 0 saturated heterocycles. The molecule has 0 radical (unpaired) electrons. The van der Waals surface area contributed by atoms with Crippen LogP contribution in [0.1, 0.15) is 57.9 Å². The van der Waals surface area contributed by atoms with Crippen LogP contribution < -0.4 is 16.4 Å². The van der Waals surface area contributed by atoms with E-state index in [9.17, 15) is 19.7 Å². The molecule has 0 spiro atoms. The SMILES string of the molecule is CCOC(=O)C1=C(C)NC(CSCCCCCCNC(N)=S)=C(C(=O)OCC)C1c1cccc([N+](=O)[O-])c1. The van der Waals surface area contributed by atoms with Crippen LogP contribution in [-0.4, -0.2) is 53.2 Å². The quantitative estimate of drug-likeness (QED) is 0.0932. The lowest BCUT2D eigenvalue weighted by molar-refractivity contribution is -0.384. The van der Waals surface area contributed by atoms with Crippen LogP contribution in [-0.2, 0) is 19.1 Å². The van der Waals surface area contributed by atoms with E-state index in [2.05, 4.69) is 10.6 Å². The maximum absolute atomic E-state index is 13.3. The first-order chi connectivity index (χ1) is 18.2. The third kappa shape index (κ3) is 9.02. The highest BCUT2D eigenvalue weighted by molar-refractivity contribution is 7.99. The highest BCUT2D eigenvalue weighted by Crippen LogP contribution is 2.41. The molecule has 1 aliphatic heterocycles. The van der Waals surface area contributed by atoms with E-state index >= 15 is 0 Å². The monoisotopic (exact) mass is 564 g/mol. The molecule has 4 N–H and O–H groups in total. The van der Waals surface area contributed by atoms with Gasteiger partial charge < -0.3 is 25.8 Å². The Bertz CT molecular complexity index is 1090. The molecular weight excluding hydrogens is 528 g/mol. The summed E-state index contributed by atoms with van der Waals surface area (Å²) < 4.78 is 10.7. The molecule has 0 aliphatic carbocycles. The van der Waals surface area contributed by atoms with Gasteiger partial charge in [0.05, 0.1) is 35.2 Å². The smallest absolute Gasteiger partial charge is 0.336 e. The number of rotatable bonds is 15. The van der Waals surface area contributed by atoms with Gasteiger partial charge in [0.1, 0.15) is 0 Å². The number of esters is 2. The van der Waals surface area contributed by atoms with E-state index in [1.54, 1.807) is 44.7 Å². The molecule has 0 fully saturated rings. The highest BCUT2D eigenvalue weighted by Gasteiger charge is 2.39. The summed E-state index contributed by atoms with van der Waals surface area (Å²) in [5.74, 6) is -0.681. The van der Waals surface area contributed by atoms with Gasteiger partial charge in [-0.25, -0.2) is 9.59 Å². The number of benzene rings is 1. The summed E-state index contributed by atoms with van der Waals surface area (Å²) in [4.78, 5) is 37.3. The summed E-state index contributed by atoms with van der Waals surface area (Å²) in [5.41, 5.74) is 7.39. The number of carbonyl (C=O) groups excluding carboxylic acids is 2. The van der Waals surface area contributed by atoms with Crippen LogP contribution in [0.5, 0.6) is 0 Å². The molecule has 0 bridgehead atoms. The Morgan fingerprint density at radius 3 is 2.42 bits per heavy atom. The first-order valence-corrected chi connectivity index (χ1v) is 14.2. The Hall–Kier alpha value is -3.12. The molecule has 12 heteroatoms. The van der Waals surface area contributed by atoms with Crippen LogP contribution in [0.4, 0.5) is 5.69 Å². The van der Waals surface area contributed by atoms with E-state index in [1.807, 2.05) is 0 Å². The van der Waals surface area contributed by atoms with Crippen molar-refractivity contribution in [3.05, 3.63) is 62.5 Å². The zero-order valence-electron chi connectivity index (χ0n) is 22.0. The predicted octanol–water partition coefficient (Wildman–Crippen LogP) is 4.06. The van der Waals surface area contributed by atoms with Crippen molar-refractivity contribution in [3.63, 3.8) is 0 Å². The second-order valence-electron chi connectivity index (χ2n) is 8.54. The Balaban J connectivity index is 2.31. The van der Waals surface area contributed by atoms with Crippen molar-refractivity contribution >= 4 is 46.7 Å². The predicted molar refractivity (Wildman–Crippen MR) is 153 cm³/mol. The van der Waals surface area contributed by atoms with E-state index in [1.165, 1.54) is 12.1 Å². The molecule has 0 saturated carbocycles. The highest BCUT2D eigenvalue weighted by atomic mass is 32.2. The van der Waals surface area contributed by atoms with Crippen LogP contribution in [0.3, 0.4) is 0 Å². The lowest BCUT2D eigenvalue weighted by Gasteiger charge is -2.31. The number of nitrogens with two attached hydrogens (primary N) is 1. The molecule has 38 heavy (non-hydrogen) atoms. The fourth-order valence-corrected chi connectivity index (χ4v) is 5.25. The fraction of sp³-hybridized carbons (Fsp3) is 0.500. The molecule has 1 heterocycles.